The van der Waals surface area contributed by atoms with Crippen molar-refractivity contribution in [2.75, 3.05) is 6.61 Å². The topological polar surface area (TPSA) is 152 Å². The normalized spacial score (nSPS) is 16.4. The molecule has 0 amide bonds. The Hall–Kier alpha value is -1.19. The van der Waals surface area contributed by atoms with Gasteiger partial charge in [-0.25, -0.2) is 0 Å². The zero-order valence-electron chi connectivity index (χ0n) is 11.3. The van der Waals surface area contributed by atoms with Crippen molar-refractivity contribution in [2.24, 2.45) is 0 Å². The lowest BCUT2D eigenvalue weighted by atomic mass is 9.83. The molecule has 0 bridgehead atoms. The fraction of sp³-hybridized carbons (Fsp3) is 0.750. The van der Waals surface area contributed by atoms with Gasteiger partial charge in [0, 0.05) is 12.8 Å². The maximum absolute atomic E-state index is 11.9. The van der Waals surface area contributed by atoms with Crippen molar-refractivity contribution in [3.63, 3.8) is 0 Å². The Labute approximate surface area is 115 Å². The van der Waals surface area contributed by atoms with E-state index in [4.69, 9.17) is 10.2 Å². The fourth-order valence-corrected chi connectivity index (χ4v) is 1.81. The summed E-state index contributed by atoms with van der Waals surface area (Å²) in [5, 5.41) is 46.9. The Kier molecular flexibility index (Phi) is 7.11. The van der Waals surface area contributed by atoms with Crippen LogP contribution >= 0.6 is 0 Å². The third kappa shape index (κ3) is 5.06. The second kappa shape index (κ2) is 7.55. The first kappa shape index (κ1) is 18.8. The van der Waals surface area contributed by atoms with Crippen LogP contribution in [0, 0.1) is 0 Å². The van der Waals surface area contributed by atoms with Crippen molar-refractivity contribution >= 4 is 17.3 Å². The summed E-state index contributed by atoms with van der Waals surface area (Å²) in [4.78, 5) is 34.1. The molecule has 0 rings (SSSR count). The van der Waals surface area contributed by atoms with Gasteiger partial charge in [-0.1, -0.05) is 0 Å². The van der Waals surface area contributed by atoms with E-state index < -0.39 is 60.7 Å². The second-order valence-corrected chi connectivity index (χ2v) is 4.84. The molecule has 0 aromatic rings. The van der Waals surface area contributed by atoms with Gasteiger partial charge >= 0.3 is 0 Å². The van der Waals surface area contributed by atoms with Crippen LogP contribution < -0.4 is 0 Å². The van der Waals surface area contributed by atoms with Crippen molar-refractivity contribution in [1.29, 1.82) is 0 Å². The van der Waals surface area contributed by atoms with Gasteiger partial charge in [-0.3, -0.25) is 14.4 Å². The highest BCUT2D eigenvalue weighted by Crippen LogP contribution is 2.21. The molecule has 0 heterocycles. The van der Waals surface area contributed by atoms with E-state index in [-0.39, 0.29) is 0 Å². The van der Waals surface area contributed by atoms with Crippen molar-refractivity contribution < 1.29 is 39.9 Å². The van der Waals surface area contributed by atoms with Crippen LogP contribution in [-0.4, -0.2) is 73.4 Å². The lowest BCUT2D eigenvalue weighted by molar-refractivity contribution is -0.162. The molecule has 0 aliphatic carbocycles. The predicted molar refractivity (Wildman–Crippen MR) is 65.7 cm³/mol. The van der Waals surface area contributed by atoms with Gasteiger partial charge in [0.25, 0.3) is 0 Å². The van der Waals surface area contributed by atoms with E-state index in [9.17, 15) is 29.7 Å². The highest BCUT2D eigenvalue weighted by Gasteiger charge is 2.45. The third-order valence-electron chi connectivity index (χ3n) is 2.71. The maximum Gasteiger partial charge on any atom is 0.196 e. The van der Waals surface area contributed by atoms with Crippen LogP contribution in [0.3, 0.4) is 0 Å². The van der Waals surface area contributed by atoms with Crippen molar-refractivity contribution in [1.82, 2.24) is 0 Å². The average Bonchev–Trinajstić information content (AvgIpc) is 2.32. The Bertz CT molecular complexity index is 362. The second-order valence-electron chi connectivity index (χ2n) is 4.84. The molecule has 0 fully saturated rings. The standard InChI is InChI=1S/C12H20O8/c1-6(14)3-12(20,4-7(2)15)11(19)10(18)9(17)8(16)5-13/h8-10,13,16-18,20H,3-5H2,1-2H3/t8-,9+,10-/m0/s1. The van der Waals surface area contributed by atoms with Crippen molar-refractivity contribution in [2.45, 2.75) is 50.6 Å². The molecule has 0 radical (unpaired) electrons. The van der Waals surface area contributed by atoms with Crippen LogP contribution in [0.2, 0.25) is 0 Å². The summed E-state index contributed by atoms with van der Waals surface area (Å²) in [7, 11) is 0. The Morgan fingerprint density at radius 3 is 1.70 bits per heavy atom. The molecule has 8 nitrogen and oxygen atoms in total. The largest absolute Gasteiger partial charge is 0.394 e. The Morgan fingerprint density at radius 1 is 1.00 bits per heavy atom. The molecule has 0 unspecified atom stereocenters. The molecular formula is C12H20O8. The van der Waals surface area contributed by atoms with E-state index >= 15 is 0 Å². The molecule has 3 atom stereocenters. The van der Waals surface area contributed by atoms with E-state index in [1.54, 1.807) is 0 Å². The van der Waals surface area contributed by atoms with E-state index in [0.717, 1.165) is 13.8 Å². The minimum absolute atomic E-state index is 0.591. The van der Waals surface area contributed by atoms with Crippen molar-refractivity contribution in [3.8, 4) is 0 Å². The number of aliphatic hydroxyl groups excluding tert-OH is 4. The SMILES string of the molecule is CC(=O)CC(O)(CC(C)=O)C(=O)[C@@H](O)[C@H](O)[C@@H](O)CO. The highest BCUT2D eigenvalue weighted by molar-refractivity contribution is 5.98. The van der Waals surface area contributed by atoms with Gasteiger partial charge < -0.3 is 25.5 Å². The Morgan fingerprint density at radius 2 is 1.40 bits per heavy atom. The molecule has 8 heteroatoms. The molecule has 0 saturated carbocycles. The highest BCUT2D eigenvalue weighted by atomic mass is 16.4. The molecule has 0 saturated heterocycles. The number of hydrogen-bond donors (Lipinski definition) is 5. The first-order chi connectivity index (χ1) is 9.05. The summed E-state index contributed by atoms with van der Waals surface area (Å²) in [5.41, 5.74) is -2.45. The summed E-state index contributed by atoms with van der Waals surface area (Å²) < 4.78 is 0. The first-order valence-corrected chi connectivity index (χ1v) is 5.95. The number of carbonyl (C=O) groups is 3. The van der Waals surface area contributed by atoms with Gasteiger partial charge in [0.2, 0.25) is 0 Å². The summed E-state index contributed by atoms with van der Waals surface area (Å²) in [6, 6.07) is 0. The molecule has 0 spiro atoms. The lowest BCUT2D eigenvalue weighted by Gasteiger charge is -2.29. The van der Waals surface area contributed by atoms with Crippen molar-refractivity contribution in [3.05, 3.63) is 0 Å². The minimum atomic E-state index is -2.45. The van der Waals surface area contributed by atoms with Gasteiger partial charge in [-0.05, 0) is 13.8 Å². The van der Waals surface area contributed by atoms with Crippen LogP contribution in [-0.2, 0) is 14.4 Å². The summed E-state index contributed by atoms with van der Waals surface area (Å²) >= 11 is 0. The first-order valence-electron chi connectivity index (χ1n) is 5.95. The Balaban J connectivity index is 5.22. The maximum atomic E-state index is 11.9. The van der Waals surface area contributed by atoms with Gasteiger partial charge in [-0.2, -0.15) is 0 Å². The number of ketones is 3. The monoisotopic (exact) mass is 292 g/mol. The molecule has 0 aliphatic heterocycles. The smallest absolute Gasteiger partial charge is 0.196 e. The van der Waals surface area contributed by atoms with Crippen LogP contribution in [0.1, 0.15) is 26.7 Å². The zero-order chi connectivity index (χ0) is 16.1. The number of aliphatic hydroxyl groups is 5. The molecular weight excluding hydrogens is 272 g/mol. The van der Waals surface area contributed by atoms with Crippen LogP contribution in [0.25, 0.3) is 0 Å². The van der Waals surface area contributed by atoms with E-state index in [1.807, 2.05) is 0 Å². The average molecular weight is 292 g/mol. The predicted octanol–water partition coefficient (Wildman–Crippen LogP) is -2.68. The molecule has 5 N–H and O–H groups in total. The van der Waals surface area contributed by atoms with E-state index in [2.05, 4.69) is 0 Å². The van der Waals surface area contributed by atoms with Gasteiger partial charge in [-0.15, -0.1) is 0 Å². The third-order valence-corrected chi connectivity index (χ3v) is 2.71. The number of carbonyl (C=O) groups excluding carboxylic acids is 3. The number of Topliss-reactive ketones (excluding diaryl/α,β-unsaturated/α-hetero) is 3. The van der Waals surface area contributed by atoms with Crippen LogP contribution in [0.15, 0.2) is 0 Å². The summed E-state index contributed by atoms with van der Waals surface area (Å²) in [6.45, 7) is 1.26. The molecule has 0 aliphatic rings. The fourth-order valence-electron chi connectivity index (χ4n) is 1.81. The number of hydrogen-bond acceptors (Lipinski definition) is 8. The van der Waals surface area contributed by atoms with Gasteiger partial charge in [0.1, 0.15) is 35.5 Å². The zero-order valence-corrected chi connectivity index (χ0v) is 11.3. The van der Waals surface area contributed by atoms with Gasteiger partial charge in [0.05, 0.1) is 6.61 Å². The quantitative estimate of drug-likeness (QED) is 0.308. The molecule has 0 aromatic carbocycles. The van der Waals surface area contributed by atoms with Crippen LogP contribution in [0.5, 0.6) is 0 Å². The minimum Gasteiger partial charge on any atom is -0.394 e. The van der Waals surface area contributed by atoms with E-state index in [0.29, 0.717) is 0 Å². The number of rotatable bonds is 9. The lowest BCUT2D eigenvalue weighted by Crippen LogP contribution is -2.54. The van der Waals surface area contributed by atoms with Crippen LogP contribution in [0.4, 0.5) is 0 Å². The molecule has 20 heavy (non-hydrogen) atoms. The molecule has 116 valence electrons. The summed E-state index contributed by atoms with van der Waals surface area (Å²) in [6.07, 6.45) is -7.49. The molecule has 0 aromatic heterocycles. The van der Waals surface area contributed by atoms with E-state index in [1.165, 1.54) is 0 Å². The summed E-state index contributed by atoms with van der Waals surface area (Å²) in [5.74, 6) is -2.54. The van der Waals surface area contributed by atoms with Gasteiger partial charge in [0.15, 0.2) is 5.78 Å².